The number of benzene rings is 1. The monoisotopic (exact) mass is 291 g/mol. The Balaban J connectivity index is 1.99. The first kappa shape index (κ1) is 16.0. The van der Waals surface area contributed by atoms with Crippen LogP contribution < -0.4 is 0 Å². The minimum absolute atomic E-state index is 0.0870. The zero-order chi connectivity index (χ0) is 15.2. The third kappa shape index (κ3) is 4.05. The number of carbonyl (C=O) groups is 1. The number of hydrogen-bond donors (Lipinski definition) is 0. The number of rotatable bonds is 5. The van der Waals surface area contributed by atoms with Crippen molar-refractivity contribution >= 4 is 5.97 Å². The number of nitrogens with zero attached hydrogens (tertiary/aromatic N) is 1. The molecule has 0 aromatic heterocycles. The number of ether oxygens (including phenoxy) is 2. The van der Waals surface area contributed by atoms with E-state index in [0.29, 0.717) is 12.5 Å². The number of piperidine rings is 1. The molecule has 4 nitrogen and oxygen atoms in total. The van der Waals surface area contributed by atoms with E-state index in [9.17, 15) is 4.79 Å². The van der Waals surface area contributed by atoms with Crippen molar-refractivity contribution in [3.8, 4) is 0 Å². The SMILES string of the molecule is COC(=O)CC1CCN([C@@H](C)c2ccccc2)CC1OC. The zero-order valence-corrected chi connectivity index (χ0v) is 13.1. The summed E-state index contributed by atoms with van der Waals surface area (Å²) in [4.78, 5) is 13.9. The van der Waals surface area contributed by atoms with Gasteiger partial charge in [0.1, 0.15) is 0 Å². The van der Waals surface area contributed by atoms with Gasteiger partial charge in [-0.1, -0.05) is 30.3 Å². The Kier molecular flexibility index (Phi) is 5.76. The van der Waals surface area contributed by atoms with Crippen LogP contribution in [0.3, 0.4) is 0 Å². The van der Waals surface area contributed by atoms with Crippen molar-refractivity contribution in [3.05, 3.63) is 35.9 Å². The van der Waals surface area contributed by atoms with E-state index in [1.54, 1.807) is 7.11 Å². The number of hydrogen-bond acceptors (Lipinski definition) is 4. The number of methoxy groups -OCH3 is 2. The smallest absolute Gasteiger partial charge is 0.305 e. The van der Waals surface area contributed by atoms with Gasteiger partial charge in [-0.25, -0.2) is 0 Å². The van der Waals surface area contributed by atoms with Gasteiger partial charge in [-0.15, -0.1) is 0 Å². The molecule has 1 aromatic carbocycles. The van der Waals surface area contributed by atoms with E-state index in [-0.39, 0.29) is 18.0 Å². The Bertz CT molecular complexity index is 449. The first-order chi connectivity index (χ1) is 10.2. The van der Waals surface area contributed by atoms with E-state index in [2.05, 4.69) is 36.1 Å². The van der Waals surface area contributed by atoms with Crippen molar-refractivity contribution in [2.45, 2.75) is 31.9 Å². The van der Waals surface area contributed by atoms with Gasteiger partial charge in [0.15, 0.2) is 0 Å². The van der Waals surface area contributed by atoms with E-state index in [1.807, 2.05) is 6.07 Å². The van der Waals surface area contributed by atoms with Gasteiger partial charge in [-0.3, -0.25) is 9.69 Å². The van der Waals surface area contributed by atoms with Crippen LogP contribution in [0.5, 0.6) is 0 Å². The first-order valence-electron chi connectivity index (χ1n) is 7.54. The molecular weight excluding hydrogens is 266 g/mol. The second kappa shape index (κ2) is 7.57. The third-order valence-corrected chi connectivity index (χ3v) is 4.52. The fourth-order valence-electron chi connectivity index (χ4n) is 3.08. The Morgan fingerprint density at radius 2 is 2.05 bits per heavy atom. The van der Waals surface area contributed by atoms with Crippen molar-refractivity contribution in [2.75, 3.05) is 27.3 Å². The van der Waals surface area contributed by atoms with Crippen LogP contribution in [0, 0.1) is 5.92 Å². The maximum absolute atomic E-state index is 11.5. The highest BCUT2D eigenvalue weighted by molar-refractivity contribution is 5.69. The highest BCUT2D eigenvalue weighted by Crippen LogP contribution is 2.29. The van der Waals surface area contributed by atoms with Crippen molar-refractivity contribution < 1.29 is 14.3 Å². The van der Waals surface area contributed by atoms with Crippen molar-refractivity contribution in [3.63, 3.8) is 0 Å². The van der Waals surface area contributed by atoms with E-state index in [1.165, 1.54) is 12.7 Å². The molecule has 1 aliphatic rings. The summed E-state index contributed by atoms with van der Waals surface area (Å²) in [5.41, 5.74) is 1.32. The molecule has 1 saturated heterocycles. The fraction of sp³-hybridized carbons (Fsp3) is 0.588. The molecule has 0 bridgehead atoms. The van der Waals surface area contributed by atoms with Crippen LogP contribution in [-0.4, -0.2) is 44.3 Å². The quantitative estimate of drug-likeness (QED) is 0.782. The van der Waals surface area contributed by atoms with Gasteiger partial charge in [0.05, 0.1) is 19.6 Å². The van der Waals surface area contributed by atoms with Gasteiger partial charge >= 0.3 is 5.97 Å². The molecule has 116 valence electrons. The molecule has 0 radical (unpaired) electrons. The second-order valence-electron chi connectivity index (χ2n) is 5.68. The standard InChI is InChI=1S/C17H25NO3/c1-13(14-7-5-4-6-8-14)18-10-9-15(11-17(19)21-3)16(12-18)20-2/h4-8,13,15-16H,9-12H2,1-3H3/t13-,15?,16?/m0/s1. The van der Waals surface area contributed by atoms with Crippen molar-refractivity contribution in [1.82, 2.24) is 4.90 Å². The minimum atomic E-state index is -0.147. The van der Waals surface area contributed by atoms with E-state index < -0.39 is 0 Å². The molecule has 1 heterocycles. The van der Waals surface area contributed by atoms with Crippen molar-refractivity contribution in [1.29, 1.82) is 0 Å². The van der Waals surface area contributed by atoms with Gasteiger partial charge in [-0.2, -0.15) is 0 Å². The lowest BCUT2D eigenvalue weighted by molar-refractivity contribution is -0.144. The van der Waals surface area contributed by atoms with Crippen LogP contribution in [0.15, 0.2) is 30.3 Å². The van der Waals surface area contributed by atoms with Crippen LogP contribution in [-0.2, 0) is 14.3 Å². The average molecular weight is 291 g/mol. The van der Waals surface area contributed by atoms with Gasteiger partial charge < -0.3 is 9.47 Å². The lowest BCUT2D eigenvalue weighted by atomic mass is 9.89. The van der Waals surface area contributed by atoms with Gasteiger partial charge in [-0.05, 0) is 31.4 Å². The Labute approximate surface area is 127 Å². The molecule has 1 aliphatic heterocycles. The predicted molar refractivity (Wildman–Crippen MR) is 82.0 cm³/mol. The highest BCUT2D eigenvalue weighted by atomic mass is 16.5. The molecule has 4 heteroatoms. The molecule has 2 rings (SSSR count). The third-order valence-electron chi connectivity index (χ3n) is 4.52. The zero-order valence-electron chi connectivity index (χ0n) is 13.1. The van der Waals surface area contributed by atoms with Crippen LogP contribution in [0.2, 0.25) is 0 Å². The molecule has 0 spiro atoms. The maximum atomic E-state index is 11.5. The van der Waals surface area contributed by atoms with Gasteiger partial charge in [0.25, 0.3) is 0 Å². The molecule has 0 saturated carbocycles. The van der Waals surface area contributed by atoms with Crippen LogP contribution in [0.1, 0.15) is 31.4 Å². The maximum Gasteiger partial charge on any atom is 0.305 e. The Morgan fingerprint density at radius 3 is 2.67 bits per heavy atom. The largest absolute Gasteiger partial charge is 0.469 e. The molecular formula is C17H25NO3. The Morgan fingerprint density at radius 1 is 1.33 bits per heavy atom. The summed E-state index contributed by atoms with van der Waals surface area (Å²) in [6, 6.07) is 10.9. The van der Waals surface area contributed by atoms with E-state index >= 15 is 0 Å². The minimum Gasteiger partial charge on any atom is -0.469 e. The normalized spacial score (nSPS) is 24.5. The topological polar surface area (TPSA) is 38.8 Å². The van der Waals surface area contributed by atoms with Gasteiger partial charge in [0.2, 0.25) is 0 Å². The van der Waals surface area contributed by atoms with Crippen molar-refractivity contribution in [2.24, 2.45) is 5.92 Å². The molecule has 0 N–H and O–H groups in total. The first-order valence-corrected chi connectivity index (χ1v) is 7.54. The number of carbonyl (C=O) groups excluding carboxylic acids is 1. The molecule has 1 aromatic rings. The lowest BCUT2D eigenvalue weighted by Gasteiger charge is -2.40. The fourth-order valence-corrected chi connectivity index (χ4v) is 3.08. The second-order valence-corrected chi connectivity index (χ2v) is 5.68. The van der Waals surface area contributed by atoms with Crippen LogP contribution in [0.4, 0.5) is 0 Å². The molecule has 0 amide bonds. The highest BCUT2D eigenvalue weighted by Gasteiger charge is 2.33. The summed E-state index contributed by atoms with van der Waals surface area (Å²) in [6.07, 6.45) is 1.50. The number of likely N-dealkylation sites (tertiary alicyclic amines) is 1. The Hall–Kier alpha value is -1.39. The average Bonchev–Trinajstić information content (AvgIpc) is 2.55. The summed E-state index contributed by atoms with van der Waals surface area (Å²) in [5, 5.41) is 0. The summed E-state index contributed by atoms with van der Waals surface area (Å²) in [6.45, 7) is 4.06. The summed E-state index contributed by atoms with van der Waals surface area (Å²) in [5.74, 6) is 0.105. The van der Waals surface area contributed by atoms with E-state index in [4.69, 9.17) is 9.47 Å². The lowest BCUT2D eigenvalue weighted by Crippen LogP contribution is -2.46. The summed E-state index contributed by atoms with van der Waals surface area (Å²) in [7, 11) is 3.17. The molecule has 0 aliphatic carbocycles. The molecule has 3 atom stereocenters. The van der Waals surface area contributed by atoms with Crippen LogP contribution in [0.25, 0.3) is 0 Å². The molecule has 2 unspecified atom stereocenters. The summed E-state index contributed by atoms with van der Waals surface area (Å²) < 4.78 is 10.4. The van der Waals surface area contributed by atoms with Gasteiger partial charge in [0, 0.05) is 19.7 Å². The predicted octanol–water partition coefficient (Wildman–Crippen LogP) is 2.65. The summed E-state index contributed by atoms with van der Waals surface area (Å²) >= 11 is 0. The molecule has 1 fully saturated rings. The van der Waals surface area contributed by atoms with E-state index in [0.717, 1.165) is 19.5 Å². The molecule has 21 heavy (non-hydrogen) atoms. The number of esters is 1. The van der Waals surface area contributed by atoms with Crippen LogP contribution >= 0.6 is 0 Å².